The summed E-state index contributed by atoms with van der Waals surface area (Å²) >= 11 is 0. The van der Waals surface area contributed by atoms with E-state index in [-0.39, 0.29) is 11.5 Å². The maximum atomic E-state index is 13.9. The van der Waals surface area contributed by atoms with E-state index in [1.54, 1.807) is 12.1 Å². The molecule has 0 radical (unpaired) electrons. The molecule has 0 saturated heterocycles. The summed E-state index contributed by atoms with van der Waals surface area (Å²) in [5.41, 5.74) is 1.05. The lowest BCUT2D eigenvalue weighted by molar-refractivity contribution is 0.0730. The summed E-state index contributed by atoms with van der Waals surface area (Å²) in [6.07, 6.45) is 3.07. The Bertz CT molecular complexity index is 466. The third-order valence-corrected chi connectivity index (χ3v) is 3.55. The molecule has 1 aromatic rings. The van der Waals surface area contributed by atoms with Crippen LogP contribution in [0.15, 0.2) is 18.2 Å². The van der Waals surface area contributed by atoms with Crippen LogP contribution in [0.5, 0.6) is 0 Å². The lowest BCUT2D eigenvalue weighted by atomic mass is 10.1. The van der Waals surface area contributed by atoms with Crippen molar-refractivity contribution >= 4 is 5.91 Å². The van der Waals surface area contributed by atoms with E-state index in [9.17, 15) is 9.18 Å². The van der Waals surface area contributed by atoms with Crippen LogP contribution in [0.25, 0.3) is 0 Å². The molecule has 0 aromatic heterocycles. The molecule has 3 heteroatoms. The zero-order valence-electron chi connectivity index (χ0n) is 11.9. The highest BCUT2D eigenvalue weighted by Gasteiger charge is 2.33. The first-order valence-electron chi connectivity index (χ1n) is 7.06. The third-order valence-electron chi connectivity index (χ3n) is 3.55. The Hall–Kier alpha value is -1.38. The van der Waals surface area contributed by atoms with E-state index in [0.717, 1.165) is 31.4 Å². The second-order valence-corrected chi connectivity index (χ2v) is 5.90. The average Bonchev–Trinajstić information content (AvgIpc) is 3.13. The van der Waals surface area contributed by atoms with Crippen molar-refractivity contribution in [1.29, 1.82) is 0 Å². The second-order valence-electron chi connectivity index (χ2n) is 5.90. The van der Waals surface area contributed by atoms with Gasteiger partial charge in [0.25, 0.3) is 5.91 Å². The minimum Gasteiger partial charge on any atom is -0.336 e. The van der Waals surface area contributed by atoms with Gasteiger partial charge in [0, 0.05) is 12.6 Å². The fourth-order valence-electron chi connectivity index (χ4n) is 2.18. The normalized spacial score (nSPS) is 14.8. The molecule has 0 heterocycles. The van der Waals surface area contributed by atoms with Gasteiger partial charge >= 0.3 is 0 Å². The zero-order chi connectivity index (χ0) is 14.0. The van der Waals surface area contributed by atoms with Crippen molar-refractivity contribution in [2.45, 2.75) is 46.1 Å². The van der Waals surface area contributed by atoms with Crippen LogP contribution in [0.1, 0.15) is 49.0 Å². The van der Waals surface area contributed by atoms with Crippen LogP contribution >= 0.6 is 0 Å². The standard InChI is InChI=1S/C16H22FNO/c1-11(2)8-9-18(13-5-6-13)16(19)14-7-4-12(3)10-15(14)17/h4,7,10-11,13H,5-6,8-9H2,1-3H3. The van der Waals surface area contributed by atoms with Crippen molar-refractivity contribution < 1.29 is 9.18 Å². The fourth-order valence-corrected chi connectivity index (χ4v) is 2.18. The van der Waals surface area contributed by atoms with Crippen molar-refractivity contribution in [3.05, 3.63) is 35.1 Å². The Balaban J connectivity index is 2.14. The van der Waals surface area contributed by atoms with Gasteiger partial charge in [-0.3, -0.25) is 4.79 Å². The van der Waals surface area contributed by atoms with Gasteiger partial charge in [-0.2, -0.15) is 0 Å². The average molecular weight is 263 g/mol. The van der Waals surface area contributed by atoms with Gasteiger partial charge in [0.1, 0.15) is 5.82 Å². The van der Waals surface area contributed by atoms with Gasteiger partial charge in [0.2, 0.25) is 0 Å². The highest BCUT2D eigenvalue weighted by atomic mass is 19.1. The number of hydrogen-bond acceptors (Lipinski definition) is 1. The molecule has 0 aliphatic heterocycles. The zero-order valence-corrected chi connectivity index (χ0v) is 11.9. The molecule has 2 nitrogen and oxygen atoms in total. The van der Waals surface area contributed by atoms with Crippen LogP contribution in [0.2, 0.25) is 0 Å². The van der Waals surface area contributed by atoms with Crippen LogP contribution in [0.3, 0.4) is 0 Å². The van der Waals surface area contributed by atoms with Crippen molar-refractivity contribution in [2.24, 2.45) is 5.92 Å². The van der Waals surface area contributed by atoms with E-state index in [2.05, 4.69) is 13.8 Å². The Labute approximate surface area is 114 Å². The predicted octanol–water partition coefficient (Wildman–Crippen LogP) is 3.78. The number of carbonyl (C=O) groups is 1. The van der Waals surface area contributed by atoms with E-state index in [4.69, 9.17) is 0 Å². The van der Waals surface area contributed by atoms with E-state index in [1.165, 1.54) is 6.07 Å². The highest BCUT2D eigenvalue weighted by molar-refractivity contribution is 5.95. The smallest absolute Gasteiger partial charge is 0.257 e. The molecule has 0 atom stereocenters. The first-order chi connectivity index (χ1) is 8.99. The van der Waals surface area contributed by atoms with Crippen LogP contribution in [0, 0.1) is 18.7 Å². The molecule has 1 saturated carbocycles. The van der Waals surface area contributed by atoms with E-state index in [0.29, 0.717) is 12.0 Å². The number of carbonyl (C=O) groups excluding carboxylic acids is 1. The van der Waals surface area contributed by atoms with Gasteiger partial charge in [-0.1, -0.05) is 19.9 Å². The van der Waals surface area contributed by atoms with Crippen LogP contribution < -0.4 is 0 Å². The van der Waals surface area contributed by atoms with Crippen molar-refractivity contribution in [2.75, 3.05) is 6.54 Å². The Morgan fingerprint density at radius 1 is 1.42 bits per heavy atom. The summed E-state index contributed by atoms with van der Waals surface area (Å²) in [4.78, 5) is 14.3. The summed E-state index contributed by atoms with van der Waals surface area (Å²) in [6, 6.07) is 5.16. The topological polar surface area (TPSA) is 20.3 Å². The number of halogens is 1. The van der Waals surface area contributed by atoms with E-state index >= 15 is 0 Å². The second kappa shape index (κ2) is 5.72. The maximum Gasteiger partial charge on any atom is 0.257 e. The van der Waals surface area contributed by atoms with Crippen molar-refractivity contribution in [3.8, 4) is 0 Å². The van der Waals surface area contributed by atoms with Crippen LogP contribution in [-0.4, -0.2) is 23.4 Å². The Kier molecular flexibility index (Phi) is 4.23. The van der Waals surface area contributed by atoms with E-state index in [1.807, 2.05) is 11.8 Å². The fraction of sp³-hybridized carbons (Fsp3) is 0.562. The number of hydrogen-bond donors (Lipinski definition) is 0. The lowest BCUT2D eigenvalue weighted by Crippen LogP contribution is -2.35. The number of benzene rings is 1. The summed E-state index contributed by atoms with van der Waals surface area (Å²) < 4.78 is 13.9. The van der Waals surface area contributed by atoms with Gasteiger partial charge < -0.3 is 4.90 Å². The molecule has 1 aliphatic rings. The highest BCUT2D eigenvalue weighted by Crippen LogP contribution is 2.29. The number of amides is 1. The molecule has 1 amide bonds. The molecule has 0 bridgehead atoms. The lowest BCUT2D eigenvalue weighted by Gasteiger charge is -2.23. The number of rotatable bonds is 5. The minimum absolute atomic E-state index is 0.152. The molecule has 0 unspecified atom stereocenters. The van der Waals surface area contributed by atoms with E-state index < -0.39 is 5.82 Å². The monoisotopic (exact) mass is 263 g/mol. The largest absolute Gasteiger partial charge is 0.336 e. The summed E-state index contributed by atoms with van der Waals surface area (Å²) in [6.45, 7) is 6.84. The van der Waals surface area contributed by atoms with Gasteiger partial charge in [0.15, 0.2) is 0 Å². The summed E-state index contributed by atoms with van der Waals surface area (Å²) in [5, 5.41) is 0. The predicted molar refractivity (Wildman–Crippen MR) is 74.7 cm³/mol. The summed E-state index contributed by atoms with van der Waals surface area (Å²) in [5.74, 6) is -0.00207. The molecule has 1 aliphatic carbocycles. The molecular weight excluding hydrogens is 241 g/mol. The first kappa shape index (κ1) is 14.0. The van der Waals surface area contributed by atoms with Gasteiger partial charge in [-0.05, 0) is 49.8 Å². The summed E-state index contributed by atoms with van der Waals surface area (Å²) in [7, 11) is 0. The molecular formula is C16H22FNO. The molecule has 0 spiro atoms. The quantitative estimate of drug-likeness (QED) is 0.791. The van der Waals surface area contributed by atoms with Crippen LogP contribution in [-0.2, 0) is 0 Å². The van der Waals surface area contributed by atoms with Gasteiger partial charge in [-0.25, -0.2) is 4.39 Å². The van der Waals surface area contributed by atoms with Crippen molar-refractivity contribution in [3.63, 3.8) is 0 Å². The number of aryl methyl sites for hydroxylation is 1. The van der Waals surface area contributed by atoms with Gasteiger partial charge in [-0.15, -0.1) is 0 Å². The van der Waals surface area contributed by atoms with Gasteiger partial charge in [0.05, 0.1) is 5.56 Å². The van der Waals surface area contributed by atoms with Crippen molar-refractivity contribution in [1.82, 2.24) is 4.90 Å². The Morgan fingerprint density at radius 3 is 2.63 bits per heavy atom. The Morgan fingerprint density at radius 2 is 2.11 bits per heavy atom. The number of nitrogens with zero attached hydrogens (tertiary/aromatic N) is 1. The first-order valence-corrected chi connectivity index (χ1v) is 7.06. The molecule has 19 heavy (non-hydrogen) atoms. The minimum atomic E-state index is -0.403. The maximum absolute atomic E-state index is 13.9. The molecule has 104 valence electrons. The third kappa shape index (κ3) is 3.55. The molecule has 0 N–H and O–H groups in total. The molecule has 1 aromatic carbocycles. The molecule has 2 rings (SSSR count). The molecule has 1 fully saturated rings. The SMILES string of the molecule is Cc1ccc(C(=O)N(CCC(C)C)C2CC2)c(F)c1. The van der Waals surface area contributed by atoms with Crippen LogP contribution in [0.4, 0.5) is 4.39 Å².